The van der Waals surface area contributed by atoms with Gasteiger partial charge in [0.25, 0.3) is 0 Å². The molecule has 2 nitrogen and oxygen atoms in total. The second-order valence-corrected chi connectivity index (χ2v) is 6.21. The summed E-state index contributed by atoms with van der Waals surface area (Å²) in [6.07, 6.45) is 1.22. The molecule has 0 aliphatic carbocycles. The molecule has 1 aliphatic rings. The molecule has 126 valence electrons. The van der Waals surface area contributed by atoms with Crippen LogP contribution in [0.4, 0.5) is 33.3 Å². The maximum atomic E-state index is 14.1. The van der Waals surface area contributed by atoms with Gasteiger partial charge in [-0.3, -0.25) is 0 Å². The van der Waals surface area contributed by atoms with E-state index >= 15 is 0 Å². The Labute approximate surface area is 135 Å². The summed E-state index contributed by atoms with van der Waals surface area (Å²) in [5.74, 6) is -4.80. The van der Waals surface area contributed by atoms with E-state index in [9.17, 15) is 22.0 Å². The van der Waals surface area contributed by atoms with E-state index in [1.807, 2.05) is 0 Å². The first-order valence-electron chi connectivity index (χ1n) is 7.20. The molecule has 0 unspecified atom stereocenters. The third kappa shape index (κ3) is 2.64. The molecule has 0 atom stereocenters. The summed E-state index contributed by atoms with van der Waals surface area (Å²) >= 11 is 0. The second kappa shape index (κ2) is 5.58. The van der Waals surface area contributed by atoms with Crippen LogP contribution in [0.15, 0.2) is 30.3 Å². The molecular weight excluding hydrogens is 327 g/mol. The molecule has 0 fully saturated rings. The number of para-hydroxylation sites is 1. The minimum absolute atomic E-state index is 0.0844. The minimum atomic E-state index is -1.09. The van der Waals surface area contributed by atoms with Crippen LogP contribution in [0.5, 0.6) is 0 Å². The van der Waals surface area contributed by atoms with E-state index in [-0.39, 0.29) is 12.2 Å². The number of benzene rings is 2. The van der Waals surface area contributed by atoms with Crippen LogP contribution in [0.3, 0.4) is 0 Å². The number of hydrogen-bond acceptors (Lipinski definition) is 1. The van der Waals surface area contributed by atoms with E-state index in [1.165, 1.54) is 21.9 Å². The molecule has 0 N–H and O–H groups in total. The highest BCUT2D eigenvalue weighted by Gasteiger charge is 2.45. The molecule has 0 amide bonds. The number of halogens is 5. The van der Waals surface area contributed by atoms with Gasteiger partial charge in [0.1, 0.15) is 17.9 Å². The lowest BCUT2D eigenvalue weighted by atomic mass is 10.0. The van der Waals surface area contributed by atoms with Gasteiger partial charge < -0.3 is 0 Å². The van der Waals surface area contributed by atoms with Crippen molar-refractivity contribution in [3.8, 4) is 0 Å². The van der Waals surface area contributed by atoms with Crippen molar-refractivity contribution in [1.82, 2.24) is 0 Å². The Kier molecular flexibility index (Phi) is 3.81. The standard InChI is InChI=1S/C17H14F5N2/c1-17(2)8-23(15-11(19)4-3-5-12(15)20)9-24(17)16-13(21)6-10(18)7-14(16)22/h3-7,9H,8H2,1-2H3/q+1. The smallest absolute Gasteiger partial charge is 0.224 e. The number of hydrogen-bond donors (Lipinski definition) is 0. The van der Waals surface area contributed by atoms with E-state index in [4.69, 9.17) is 0 Å². The summed E-state index contributed by atoms with van der Waals surface area (Å²) in [5.41, 5.74) is -1.66. The molecule has 2 aromatic carbocycles. The van der Waals surface area contributed by atoms with Crippen molar-refractivity contribution in [2.75, 3.05) is 11.4 Å². The molecule has 2 aromatic rings. The van der Waals surface area contributed by atoms with Gasteiger partial charge in [-0.05, 0) is 26.0 Å². The lowest BCUT2D eigenvalue weighted by Gasteiger charge is -2.24. The summed E-state index contributed by atoms with van der Waals surface area (Å²) in [6, 6.07) is 4.55. The number of anilines is 1. The zero-order valence-electron chi connectivity index (χ0n) is 13.0. The van der Waals surface area contributed by atoms with Crippen molar-refractivity contribution in [2.24, 2.45) is 0 Å². The van der Waals surface area contributed by atoms with Gasteiger partial charge in [0, 0.05) is 12.1 Å². The SMILES string of the molecule is CC1(C)C[N+](c2c(F)cccc2F)=CN1c1c(F)cc(F)cc1F. The maximum absolute atomic E-state index is 14.1. The van der Waals surface area contributed by atoms with Crippen molar-refractivity contribution in [3.05, 3.63) is 59.4 Å². The third-order valence-corrected chi connectivity index (χ3v) is 3.91. The number of nitrogens with zero attached hydrogens (tertiary/aromatic N) is 2. The fraction of sp³-hybridized carbons (Fsp3) is 0.235. The second-order valence-electron chi connectivity index (χ2n) is 6.21. The summed E-state index contributed by atoms with van der Waals surface area (Å²) in [6.45, 7) is 3.40. The van der Waals surface area contributed by atoms with Crippen LogP contribution in [0.2, 0.25) is 0 Å². The highest BCUT2D eigenvalue weighted by atomic mass is 19.2. The molecule has 1 heterocycles. The van der Waals surface area contributed by atoms with E-state index < -0.39 is 40.3 Å². The highest BCUT2D eigenvalue weighted by Crippen LogP contribution is 2.34. The van der Waals surface area contributed by atoms with Crippen molar-refractivity contribution in [3.63, 3.8) is 0 Å². The normalized spacial score (nSPS) is 16.5. The Morgan fingerprint density at radius 1 is 0.917 bits per heavy atom. The van der Waals surface area contributed by atoms with Gasteiger partial charge in [-0.1, -0.05) is 6.07 Å². The molecule has 7 heteroatoms. The molecular formula is C17H14F5N2+. The van der Waals surface area contributed by atoms with Gasteiger partial charge in [0.2, 0.25) is 6.34 Å². The van der Waals surface area contributed by atoms with Gasteiger partial charge >= 0.3 is 0 Å². The highest BCUT2D eigenvalue weighted by molar-refractivity contribution is 5.81. The third-order valence-electron chi connectivity index (χ3n) is 3.91. The Morgan fingerprint density at radius 3 is 2.00 bits per heavy atom. The molecule has 0 radical (unpaired) electrons. The first kappa shape index (κ1) is 16.4. The fourth-order valence-corrected chi connectivity index (χ4v) is 2.85. The zero-order chi connectivity index (χ0) is 17.6. The molecule has 0 aromatic heterocycles. The average molecular weight is 341 g/mol. The number of rotatable bonds is 2. The first-order chi connectivity index (χ1) is 11.2. The fourth-order valence-electron chi connectivity index (χ4n) is 2.85. The Hall–Kier alpha value is -2.44. The molecule has 0 saturated carbocycles. The van der Waals surface area contributed by atoms with Gasteiger partial charge in [-0.2, -0.15) is 0 Å². The predicted molar refractivity (Wildman–Crippen MR) is 80.1 cm³/mol. The van der Waals surface area contributed by atoms with Crippen LogP contribution < -0.4 is 4.90 Å². The summed E-state index contributed by atoms with van der Waals surface area (Å²) in [4.78, 5) is 1.21. The quantitative estimate of drug-likeness (QED) is 0.581. The van der Waals surface area contributed by atoms with Crippen LogP contribution in [0.25, 0.3) is 0 Å². The van der Waals surface area contributed by atoms with Gasteiger partial charge in [-0.15, -0.1) is 0 Å². The average Bonchev–Trinajstić information content (AvgIpc) is 2.73. The summed E-state index contributed by atoms with van der Waals surface area (Å²) in [7, 11) is 0. The lowest BCUT2D eigenvalue weighted by molar-refractivity contribution is -0.437. The molecule has 3 rings (SSSR count). The monoisotopic (exact) mass is 341 g/mol. The molecule has 0 saturated heterocycles. The zero-order valence-corrected chi connectivity index (χ0v) is 13.0. The van der Waals surface area contributed by atoms with E-state index in [1.54, 1.807) is 13.8 Å². The van der Waals surface area contributed by atoms with Crippen LogP contribution in [-0.4, -0.2) is 23.0 Å². The Morgan fingerprint density at radius 2 is 1.46 bits per heavy atom. The van der Waals surface area contributed by atoms with Crippen LogP contribution in [-0.2, 0) is 0 Å². The van der Waals surface area contributed by atoms with Gasteiger partial charge in [0.05, 0.1) is 0 Å². The summed E-state index contributed by atoms with van der Waals surface area (Å²) < 4.78 is 70.5. The van der Waals surface area contributed by atoms with Crippen LogP contribution >= 0.6 is 0 Å². The Balaban J connectivity index is 2.14. The summed E-state index contributed by atoms with van der Waals surface area (Å²) in [5, 5.41) is 0. The van der Waals surface area contributed by atoms with Crippen molar-refractivity contribution < 1.29 is 26.5 Å². The van der Waals surface area contributed by atoms with E-state index in [2.05, 4.69) is 0 Å². The van der Waals surface area contributed by atoms with Gasteiger partial charge in [-0.25, -0.2) is 31.4 Å². The molecule has 24 heavy (non-hydrogen) atoms. The largest absolute Gasteiger partial charge is 0.245 e. The van der Waals surface area contributed by atoms with Crippen molar-refractivity contribution in [2.45, 2.75) is 19.4 Å². The predicted octanol–water partition coefficient (Wildman–Crippen LogP) is 4.35. The van der Waals surface area contributed by atoms with E-state index in [0.717, 1.165) is 12.1 Å². The Bertz CT molecular complexity index is 802. The molecule has 0 bridgehead atoms. The van der Waals surface area contributed by atoms with Gasteiger partial charge in [0.15, 0.2) is 34.6 Å². The van der Waals surface area contributed by atoms with Crippen molar-refractivity contribution >= 4 is 17.7 Å². The molecule has 1 aliphatic heterocycles. The minimum Gasteiger partial charge on any atom is -0.224 e. The van der Waals surface area contributed by atoms with Crippen LogP contribution in [0.1, 0.15) is 13.8 Å². The van der Waals surface area contributed by atoms with Crippen molar-refractivity contribution in [1.29, 1.82) is 0 Å². The van der Waals surface area contributed by atoms with Crippen LogP contribution in [0, 0.1) is 29.1 Å². The molecule has 0 spiro atoms. The maximum Gasteiger partial charge on any atom is 0.245 e. The topological polar surface area (TPSA) is 6.25 Å². The van der Waals surface area contributed by atoms with E-state index in [0.29, 0.717) is 12.1 Å². The lowest BCUT2D eigenvalue weighted by Crippen LogP contribution is -2.42. The first-order valence-corrected chi connectivity index (χ1v) is 7.20.